The van der Waals surface area contributed by atoms with Crippen LogP contribution in [0.3, 0.4) is 0 Å². The summed E-state index contributed by atoms with van der Waals surface area (Å²) in [5.74, 6) is -0.507. The quantitative estimate of drug-likeness (QED) is 0.789. The van der Waals surface area contributed by atoms with Gasteiger partial charge in [0.1, 0.15) is 17.1 Å². The van der Waals surface area contributed by atoms with E-state index in [9.17, 15) is 14.4 Å². The van der Waals surface area contributed by atoms with Crippen molar-refractivity contribution in [3.8, 4) is 0 Å². The van der Waals surface area contributed by atoms with Crippen molar-refractivity contribution in [1.82, 2.24) is 4.57 Å². The predicted octanol–water partition coefficient (Wildman–Crippen LogP) is 3.73. The van der Waals surface area contributed by atoms with Crippen LogP contribution < -0.4 is 0 Å². The number of ketones is 1. The van der Waals surface area contributed by atoms with Gasteiger partial charge < -0.3 is 9.47 Å². The molecule has 0 N–H and O–H groups in total. The van der Waals surface area contributed by atoms with E-state index < -0.39 is 17.7 Å². The lowest BCUT2D eigenvalue weighted by Gasteiger charge is -2.20. The molecule has 2 rings (SSSR count). The normalized spacial score (nSPS) is 11.4. The molecule has 0 unspecified atom stereocenters. The standard InChI is InChI=1S/C19H23NO5/c1-6-14(21)10-12-7-8-15-13(9-12)11-16(17(22)24-5)20(15)18(23)25-19(2,3)4/h7-9,11H,6,10H2,1-5H3. The van der Waals surface area contributed by atoms with E-state index in [2.05, 4.69) is 0 Å². The zero-order valence-corrected chi connectivity index (χ0v) is 15.2. The summed E-state index contributed by atoms with van der Waals surface area (Å²) in [4.78, 5) is 36.3. The van der Waals surface area contributed by atoms with Gasteiger partial charge in [-0.15, -0.1) is 0 Å². The summed E-state index contributed by atoms with van der Waals surface area (Å²) in [6.07, 6.45) is 0.127. The Bertz CT molecular complexity index is 826. The van der Waals surface area contributed by atoms with Gasteiger partial charge in [0.25, 0.3) is 0 Å². The molecular formula is C19H23NO5. The maximum atomic E-state index is 12.6. The van der Waals surface area contributed by atoms with Crippen LogP contribution in [0, 0.1) is 0 Å². The third kappa shape index (κ3) is 4.26. The van der Waals surface area contributed by atoms with Crippen LogP contribution in [0.5, 0.6) is 0 Å². The first-order valence-corrected chi connectivity index (χ1v) is 8.14. The fourth-order valence-electron chi connectivity index (χ4n) is 2.49. The lowest BCUT2D eigenvalue weighted by Crippen LogP contribution is -2.29. The molecule has 0 fully saturated rings. The highest BCUT2D eigenvalue weighted by Gasteiger charge is 2.25. The SMILES string of the molecule is CCC(=O)Cc1ccc2c(c1)cc(C(=O)OC)n2C(=O)OC(C)(C)C. The summed E-state index contributed by atoms with van der Waals surface area (Å²) < 4.78 is 11.4. The topological polar surface area (TPSA) is 74.6 Å². The van der Waals surface area contributed by atoms with E-state index in [-0.39, 0.29) is 11.5 Å². The number of fused-ring (bicyclic) bond motifs is 1. The van der Waals surface area contributed by atoms with Gasteiger partial charge in [-0.3, -0.25) is 4.79 Å². The molecule has 0 aliphatic carbocycles. The first kappa shape index (κ1) is 18.7. The molecule has 0 aliphatic heterocycles. The molecule has 0 spiro atoms. The van der Waals surface area contributed by atoms with Gasteiger partial charge in [-0.05, 0) is 44.5 Å². The van der Waals surface area contributed by atoms with E-state index in [4.69, 9.17) is 9.47 Å². The van der Waals surface area contributed by atoms with Crippen LogP contribution >= 0.6 is 0 Å². The molecule has 134 valence electrons. The van der Waals surface area contributed by atoms with Crippen LogP contribution in [0.15, 0.2) is 24.3 Å². The molecule has 2 aromatic rings. The number of aromatic nitrogens is 1. The van der Waals surface area contributed by atoms with Crippen molar-refractivity contribution in [2.75, 3.05) is 7.11 Å². The number of carbonyl (C=O) groups excluding carboxylic acids is 3. The molecule has 25 heavy (non-hydrogen) atoms. The molecule has 6 nitrogen and oxygen atoms in total. The molecule has 1 heterocycles. The third-order valence-corrected chi connectivity index (χ3v) is 3.63. The summed E-state index contributed by atoms with van der Waals surface area (Å²) in [6, 6.07) is 6.86. The van der Waals surface area contributed by atoms with Gasteiger partial charge in [0, 0.05) is 18.2 Å². The van der Waals surface area contributed by atoms with E-state index in [1.54, 1.807) is 45.0 Å². The Balaban J connectivity index is 2.55. The zero-order valence-electron chi connectivity index (χ0n) is 15.2. The number of esters is 1. The number of carbonyl (C=O) groups is 3. The average Bonchev–Trinajstić information content (AvgIpc) is 2.91. The van der Waals surface area contributed by atoms with Crippen LogP contribution in [0.2, 0.25) is 0 Å². The first-order chi connectivity index (χ1) is 11.7. The number of hydrogen-bond donors (Lipinski definition) is 0. The Morgan fingerprint density at radius 3 is 2.36 bits per heavy atom. The summed E-state index contributed by atoms with van der Waals surface area (Å²) in [6.45, 7) is 7.07. The molecule has 0 radical (unpaired) electrons. The fraction of sp³-hybridized carbons (Fsp3) is 0.421. The van der Waals surface area contributed by atoms with Crippen molar-refractivity contribution >= 4 is 28.7 Å². The summed E-state index contributed by atoms with van der Waals surface area (Å²) in [7, 11) is 1.25. The third-order valence-electron chi connectivity index (χ3n) is 3.63. The monoisotopic (exact) mass is 345 g/mol. The van der Waals surface area contributed by atoms with Crippen molar-refractivity contribution in [2.45, 2.75) is 46.1 Å². The van der Waals surface area contributed by atoms with E-state index in [1.165, 1.54) is 11.7 Å². The number of methoxy groups -OCH3 is 1. The molecule has 0 saturated heterocycles. The number of ether oxygens (including phenoxy) is 2. The molecule has 0 aliphatic rings. The van der Waals surface area contributed by atoms with Crippen molar-refractivity contribution in [3.05, 3.63) is 35.5 Å². The van der Waals surface area contributed by atoms with Crippen LogP contribution in [0.4, 0.5) is 4.79 Å². The Morgan fingerprint density at radius 2 is 1.80 bits per heavy atom. The summed E-state index contributed by atoms with van der Waals surface area (Å²) in [5, 5.41) is 0.674. The average molecular weight is 345 g/mol. The summed E-state index contributed by atoms with van der Waals surface area (Å²) in [5.41, 5.74) is 0.749. The lowest BCUT2D eigenvalue weighted by atomic mass is 10.1. The van der Waals surface area contributed by atoms with Gasteiger partial charge in [-0.2, -0.15) is 0 Å². The number of nitrogens with zero attached hydrogens (tertiary/aromatic N) is 1. The van der Waals surface area contributed by atoms with Gasteiger partial charge in [-0.25, -0.2) is 14.2 Å². The largest absolute Gasteiger partial charge is 0.464 e. The van der Waals surface area contributed by atoms with Gasteiger partial charge in [0.05, 0.1) is 12.6 Å². The number of benzene rings is 1. The molecule has 1 aromatic carbocycles. The summed E-state index contributed by atoms with van der Waals surface area (Å²) >= 11 is 0. The fourth-order valence-corrected chi connectivity index (χ4v) is 2.49. The van der Waals surface area contributed by atoms with Gasteiger partial charge in [0.15, 0.2) is 0 Å². The molecule has 0 bridgehead atoms. The van der Waals surface area contributed by atoms with E-state index in [1.807, 2.05) is 6.92 Å². The minimum atomic E-state index is -0.700. The second-order valence-electron chi connectivity index (χ2n) is 6.80. The van der Waals surface area contributed by atoms with Crippen LogP contribution in [-0.4, -0.2) is 35.1 Å². The zero-order chi connectivity index (χ0) is 18.8. The minimum Gasteiger partial charge on any atom is -0.464 e. The maximum Gasteiger partial charge on any atom is 0.419 e. The molecule has 0 atom stereocenters. The van der Waals surface area contributed by atoms with Gasteiger partial charge in [0.2, 0.25) is 0 Å². The molecule has 0 saturated carbocycles. The second-order valence-corrected chi connectivity index (χ2v) is 6.80. The van der Waals surface area contributed by atoms with Crippen molar-refractivity contribution in [3.63, 3.8) is 0 Å². The van der Waals surface area contributed by atoms with E-state index >= 15 is 0 Å². The lowest BCUT2D eigenvalue weighted by molar-refractivity contribution is -0.118. The predicted molar refractivity (Wildman–Crippen MR) is 93.9 cm³/mol. The number of hydrogen-bond acceptors (Lipinski definition) is 5. The first-order valence-electron chi connectivity index (χ1n) is 8.14. The Kier molecular flexibility index (Phi) is 5.30. The second kappa shape index (κ2) is 7.09. The highest BCUT2D eigenvalue weighted by Crippen LogP contribution is 2.24. The highest BCUT2D eigenvalue weighted by molar-refractivity contribution is 6.01. The van der Waals surface area contributed by atoms with Crippen LogP contribution in [0.1, 0.15) is 50.2 Å². The minimum absolute atomic E-state index is 0.0886. The highest BCUT2D eigenvalue weighted by atomic mass is 16.6. The smallest absolute Gasteiger partial charge is 0.419 e. The Hall–Kier alpha value is -2.63. The maximum absolute atomic E-state index is 12.6. The van der Waals surface area contributed by atoms with Crippen molar-refractivity contribution < 1.29 is 23.9 Å². The van der Waals surface area contributed by atoms with E-state index in [0.717, 1.165) is 5.56 Å². The van der Waals surface area contributed by atoms with Gasteiger partial charge in [-0.1, -0.05) is 13.0 Å². The number of rotatable bonds is 4. The Labute approximate surface area is 146 Å². The van der Waals surface area contributed by atoms with E-state index in [0.29, 0.717) is 23.7 Å². The Morgan fingerprint density at radius 1 is 1.12 bits per heavy atom. The van der Waals surface area contributed by atoms with Crippen LogP contribution in [0.25, 0.3) is 10.9 Å². The number of Topliss-reactive ketones (excluding diaryl/α,β-unsaturated/α-hetero) is 1. The molecule has 0 amide bonds. The molecule has 1 aromatic heterocycles. The van der Waals surface area contributed by atoms with Crippen LogP contribution in [-0.2, 0) is 20.7 Å². The van der Waals surface area contributed by atoms with Gasteiger partial charge >= 0.3 is 12.1 Å². The van der Waals surface area contributed by atoms with Crippen molar-refractivity contribution in [2.24, 2.45) is 0 Å². The van der Waals surface area contributed by atoms with Crippen molar-refractivity contribution in [1.29, 1.82) is 0 Å². The molecule has 6 heteroatoms. The molecular weight excluding hydrogens is 322 g/mol.